The molecule has 1 unspecified atom stereocenters. The SMILES string of the molecule is CC(C)C(O)(CN)c1cccc(C(F)(F)F)c1. The van der Waals surface area contributed by atoms with Crippen molar-refractivity contribution < 1.29 is 18.3 Å². The molecule has 0 radical (unpaired) electrons. The van der Waals surface area contributed by atoms with E-state index >= 15 is 0 Å². The first kappa shape index (κ1) is 14.0. The van der Waals surface area contributed by atoms with Crippen LogP contribution in [-0.2, 0) is 11.8 Å². The average molecular weight is 247 g/mol. The van der Waals surface area contributed by atoms with E-state index in [9.17, 15) is 18.3 Å². The van der Waals surface area contributed by atoms with Gasteiger partial charge in [-0.1, -0.05) is 26.0 Å². The molecule has 0 saturated carbocycles. The topological polar surface area (TPSA) is 46.2 Å². The Hall–Kier alpha value is -1.07. The molecule has 17 heavy (non-hydrogen) atoms. The van der Waals surface area contributed by atoms with Gasteiger partial charge in [0.1, 0.15) is 5.60 Å². The molecule has 0 aromatic heterocycles. The fourth-order valence-corrected chi connectivity index (χ4v) is 1.65. The Morgan fingerprint density at radius 1 is 1.24 bits per heavy atom. The van der Waals surface area contributed by atoms with Crippen molar-refractivity contribution in [3.05, 3.63) is 35.4 Å². The summed E-state index contributed by atoms with van der Waals surface area (Å²) < 4.78 is 37.6. The summed E-state index contributed by atoms with van der Waals surface area (Å²) in [6.45, 7) is 3.31. The lowest BCUT2D eigenvalue weighted by Gasteiger charge is -2.31. The van der Waals surface area contributed by atoms with Gasteiger partial charge in [0.2, 0.25) is 0 Å². The zero-order chi connectivity index (χ0) is 13.3. The third-order valence-electron chi connectivity index (χ3n) is 2.96. The predicted octanol–water partition coefficient (Wildman–Crippen LogP) is 2.51. The summed E-state index contributed by atoms with van der Waals surface area (Å²) in [4.78, 5) is 0. The van der Waals surface area contributed by atoms with Crippen LogP contribution < -0.4 is 5.73 Å². The zero-order valence-corrected chi connectivity index (χ0v) is 9.75. The molecule has 0 saturated heterocycles. The van der Waals surface area contributed by atoms with Gasteiger partial charge in [0.15, 0.2) is 0 Å². The second-order valence-electron chi connectivity index (χ2n) is 4.36. The van der Waals surface area contributed by atoms with E-state index in [2.05, 4.69) is 0 Å². The van der Waals surface area contributed by atoms with Gasteiger partial charge in [0.25, 0.3) is 0 Å². The third kappa shape index (κ3) is 2.79. The maximum absolute atomic E-state index is 12.5. The minimum absolute atomic E-state index is 0.119. The highest BCUT2D eigenvalue weighted by Gasteiger charge is 2.35. The number of nitrogens with two attached hydrogens (primary N) is 1. The van der Waals surface area contributed by atoms with Gasteiger partial charge in [-0.2, -0.15) is 13.2 Å². The normalized spacial score (nSPS) is 16.0. The molecule has 0 aliphatic carbocycles. The average Bonchev–Trinajstić information content (AvgIpc) is 2.26. The van der Waals surface area contributed by atoms with Crippen molar-refractivity contribution in [1.82, 2.24) is 0 Å². The van der Waals surface area contributed by atoms with E-state index < -0.39 is 17.3 Å². The Balaban J connectivity index is 3.24. The van der Waals surface area contributed by atoms with Crippen molar-refractivity contribution in [3.63, 3.8) is 0 Å². The van der Waals surface area contributed by atoms with E-state index in [0.29, 0.717) is 0 Å². The quantitative estimate of drug-likeness (QED) is 0.862. The molecule has 0 aliphatic rings. The van der Waals surface area contributed by atoms with Crippen molar-refractivity contribution in [2.75, 3.05) is 6.54 Å². The van der Waals surface area contributed by atoms with Gasteiger partial charge in [-0.25, -0.2) is 0 Å². The van der Waals surface area contributed by atoms with Crippen molar-refractivity contribution in [1.29, 1.82) is 0 Å². The van der Waals surface area contributed by atoms with E-state index in [-0.39, 0.29) is 18.0 Å². The number of aliphatic hydroxyl groups is 1. The highest BCUT2D eigenvalue weighted by molar-refractivity contribution is 5.30. The van der Waals surface area contributed by atoms with E-state index in [1.165, 1.54) is 12.1 Å². The minimum Gasteiger partial charge on any atom is -0.384 e. The molecule has 1 aromatic rings. The Morgan fingerprint density at radius 3 is 2.18 bits per heavy atom. The largest absolute Gasteiger partial charge is 0.416 e. The van der Waals surface area contributed by atoms with Crippen LogP contribution in [0.5, 0.6) is 0 Å². The number of alkyl halides is 3. The van der Waals surface area contributed by atoms with Crippen molar-refractivity contribution in [3.8, 4) is 0 Å². The van der Waals surface area contributed by atoms with Crippen LogP contribution in [0.2, 0.25) is 0 Å². The van der Waals surface area contributed by atoms with E-state index in [1.54, 1.807) is 13.8 Å². The number of rotatable bonds is 3. The van der Waals surface area contributed by atoms with E-state index in [4.69, 9.17) is 5.73 Å². The van der Waals surface area contributed by atoms with E-state index in [0.717, 1.165) is 12.1 Å². The smallest absolute Gasteiger partial charge is 0.384 e. The number of halogens is 3. The summed E-state index contributed by atoms with van der Waals surface area (Å²) in [6.07, 6.45) is -4.41. The highest BCUT2D eigenvalue weighted by Crippen LogP contribution is 2.34. The van der Waals surface area contributed by atoms with Gasteiger partial charge in [0.05, 0.1) is 5.56 Å². The first-order chi connectivity index (χ1) is 7.71. The fraction of sp³-hybridized carbons (Fsp3) is 0.500. The van der Waals surface area contributed by atoms with Crippen LogP contribution >= 0.6 is 0 Å². The summed E-state index contributed by atoms with van der Waals surface area (Å²) in [5, 5.41) is 10.3. The predicted molar refractivity (Wildman–Crippen MR) is 59.2 cm³/mol. The first-order valence-electron chi connectivity index (χ1n) is 5.32. The Morgan fingerprint density at radius 2 is 1.76 bits per heavy atom. The molecule has 1 rings (SSSR count). The molecule has 0 heterocycles. The summed E-state index contributed by atoms with van der Waals surface area (Å²) in [5.74, 6) is -0.268. The maximum Gasteiger partial charge on any atom is 0.416 e. The number of benzene rings is 1. The van der Waals surface area contributed by atoms with Crippen LogP contribution in [0.4, 0.5) is 13.2 Å². The summed E-state index contributed by atoms with van der Waals surface area (Å²) in [7, 11) is 0. The second kappa shape index (κ2) is 4.66. The molecular formula is C12H16F3NO. The summed E-state index contributed by atoms with van der Waals surface area (Å²) in [6, 6.07) is 4.66. The van der Waals surface area contributed by atoms with Crippen LogP contribution in [0, 0.1) is 5.92 Å². The van der Waals surface area contributed by atoms with Crippen LogP contribution in [0.15, 0.2) is 24.3 Å². The fourth-order valence-electron chi connectivity index (χ4n) is 1.65. The minimum atomic E-state index is -4.41. The van der Waals surface area contributed by atoms with Crippen LogP contribution in [0.1, 0.15) is 25.0 Å². The van der Waals surface area contributed by atoms with Gasteiger partial charge in [-0.3, -0.25) is 0 Å². The zero-order valence-electron chi connectivity index (χ0n) is 9.75. The van der Waals surface area contributed by atoms with Crippen LogP contribution in [-0.4, -0.2) is 11.7 Å². The first-order valence-corrected chi connectivity index (χ1v) is 5.32. The molecule has 5 heteroatoms. The molecule has 0 bridgehead atoms. The lowest BCUT2D eigenvalue weighted by Crippen LogP contribution is -2.40. The van der Waals surface area contributed by atoms with Crippen molar-refractivity contribution in [2.24, 2.45) is 11.7 Å². The summed E-state index contributed by atoms with van der Waals surface area (Å²) >= 11 is 0. The Labute approximate surface area is 98.3 Å². The number of hydrogen-bond donors (Lipinski definition) is 2. The van der Waals surface area contributed by atoms with Gasteiger partial charge < -0.3 is 10.8 Å². The molecule has 0 spiro atoms. The van der Waals surface area contributed by atoms with Crippen molar-refractivity contribution in [2.45, 2.75) is 25.6 Å². The maximum atomic E-state index is 12.5. The summed E-state index contributed by atoms with van der Waals surface area (Å²) in [5.41, 5.74) is 3.46. The van der Waals surface area contributed by atoms with Gasteiger partial charge in [-0.15, -0.1) is 0 Å². The standard InChI is InChI=1S/C12H16F3NO/c1-8(2)11(17,7-16)9-4-3-5-10(6-9)12(13,14)15/h3-6,8,17H,7,16H2,1-2H3. The Kier molecular flexibility index (Phi) is 3.84. The molecule has 3 N–H and O–H groups in total. The molecule has 0 fully saturated rings. The van der Waals surface area contributed by atoms with Gasteiger partial charge >= 0.3 is 6.18 Å². The molecule has 96 valence electrons. The molecule has 1 aromatic carbocycles. The third-order valence-corrected chi connectivity index (χ3v) is 2.96. The molecular weight excluding hydrogens is 231 g/mol. The molecule has 0 amide bonds. The number of hydrogen-bond acceptors (Lipinski definition) is 2. The monoisotopic (exact) mass is 247 g/mol. The van der Waals surface area contributed by atoms with Crippen LogP contribution in [0.3, 0.4) is 0 Å². The van der Waals surface area contributed by atoms with Crippen LogP contribution in [0.25, 0.3) is 0 Å². The molecule has 1 atom stereocenters. The molecule has 0 aliphatic heterocycles. The van der Waals surface area contributed by atoms with Gasteiger partial charge in [0, 0.05) is 6.54 Å². The lowest BCUT2D eigenvalue weighted by molar-refractivity contribution is -0.137. The van der Waals surface area contributed by atoms with Gasteiger partial charge in [-0.05, 0) is 23.6 Å². The molecule has 2 nitrogen and oxygen atoms in total. The Bertz CT molecular complexity index is 390. The van der Waals surface area contributed by atoms with Crippen molar-refractivity contribution >= 4 is 0 Å². The lowest BCUT2D eigenvalue weighted by atomic mass is 9.83. The second-order valence-corrected chi connectivity index (χ2v) is 4.36. The highest BCUT2D eigenvalue weighted by atomic mass is 19.4. The van der Waals surface area contributed by atoms with E-state index in [1.807, 2.05) is 0 Å².